The average molecular weight is 573 g/mol. The third-order valence-electron chi connectivity index (χ3n) is 6.48. The summed E-state index contributed by atoms with van der Waals surface area (Å²) >= 11 is 17.5. The molecule has 6 nitrogen and oxygen atoms in total. The van der Waals surface area contributed by atoms with Crippen molar-refractivity contribution in [2.45, 2.75) is 73.8 Å². The predicted molar refractivity (Wildman–Crippen MR) is 145 cm³/mol. The molecule has 0 bridgehead atoms. The van der Waals surface area contributed by atoms with Crippen molar-refractivity contribution >= 4 is 59.4 Å². The molecule has 0 amide bonds. The van der Waals surface area contributed by atoms with Gasteiger partial charge in [-0.15, -0.1) is 0 Å². The van der Waals surface area contributed by atoms with Crippen molar-refractivity contribution in [2.75, 3.05) is 6.61 Å². The molecule has 0 spiro atoms. The van der Waals surface area contributed by atoms with Crippen LogP contribution in [0.4, 0.5) is 0 Å². The van der Waals surface area contributed by atoms with Gasteiger partial charge in [-0.3, -0.25) is 5.41 Å². The van der Waals surface area contributed by atoms with E-state index in [-0.39, 0.29) is 11.6 Å². The fourth-order valence-corrected chi connectivity index (χ4v) is 9.73. The molecule has 4 rings (SSSR count). The highest BCUT2D eigenvalue weighted by atomic mass is 35.6. The first-order valence-corrected chi connectivity index (χ1v) is 14.9. The molecule has 4 atom stereocenters. The van der Waals surface area contributed by atoms with Gasteiger partial charge in [0.2, 0.25) is 12.2 Å². The Morgan fingerprint density at radius 3 is 1.89 bits per heavy atom. The van der Waals surface area contributed by atoms with E-state index in [2.05, 4.69) is 45.0 Å². The first-order chi connectivity index (χ1) is 16.7. The van der Waals surface area contributed by atoms with Crippen molar-refractivity contribution in [3.8, 4) is 0 Å². The molecule has 2 aromatic rings. The van der Waals surface area contributed by atoms with Crippen molar-refractivity contribution in [2.24, 2.45) is 0 Å². The minimum Gasteiger partial charge on any atom is -0.445 e. The summed E-state index contributed by atoms with van der Waals surface area (Å²) in [5, 5.41) is 10.1. The lowest BCUT2D eigenvalue weighted by Crippen LogP contribution is -2.67. The van der Waals surface area contributed by atoms with Crippen LogP contribution in [0.5, 0.6) is 0 Å². The van der Waals surface area contributed by atoms with E-state index in [1.165, 1.54) is 0 Å². The fourth-order valence-electron chi connectivity index (χ4n) is 5.02. The summed E-state index contributed by atoms with van der Waals surface area (Å²) in [4.78, 5) is 0. The van der Waals surface area contributed by atoms with E-state index in [0.717, 1.165) is 10.4 Å². The van der Waals surface area contributed by atoms with Crippen LogP contribution >= 0.6 is 34.8 Å². The summed E-state index contributed by atoms with van der Waals surface area (Å²) in [5.41, 5.74) is 0. The van der Waals surface area contributed by atoms with Crippen LogP contribution < -0.4 is 10.4 Å². The number of hydrogen-bond acceptors (Lipinski definition) is 6. The SMILES string of the molecule is CC1(C)O[C@H]2[C@H](OC(=N)C(Cl)(Cl)Cl)O[C@H](CO[Si](c3ccccc3)(c3ccccc3)C(C)(C)C)[C@H]2O1. The Hall–Kier alpha value is -1.16. The Balaban J connectivity index is 1.66. The number of hydrogen-bond donors (Lipinski definition) is 1. The van der Waals surface area contributed by atoms with E-state index in [0.29, 0.717) is 0 Å². The van der Waals surface area contributed by atoms with Gasteiger partial charge in [-0.05, 0) is 29.3 Å². The fraction of sp³-hybridized carbons (Fsp3) is 0.500. The van der Waals surface area contributed by atoms with Gasteiger partial charge in [0, 0.05) is 0 Å². The summed E-state index contributed by atoms with van der Waals surface area (Å²) in [6.07, 6.45) is -2.59. The van der Waals surface area contributed by atoms with Gasteiger partial charge in [0.05, 0.1) is 6.61 Å². The lowest BCUT2D eigenvalue weighted by molar-refractivity contribution is -0.219. The molecule has 0 aromatic heterocycles. The van der Waals surface area contributed by atoms with Gasteiger partial charge >= 0.3 is 0 Å². The van der Waals surface area contributed by atoms with Crippen molar-refractivity contribution in [1.82, 2.24) is 0 Å². The van der Waals surface area contributed by atoms with Gasteiger partial charge in [-0.2, -0.15) is 0 Å². The van der Waals surface area contributed by atoms with Crippen molar-refractivity contribution in [1.29, 1.82) is 5.41 Å². The summed E-state index contributed by atoms with van der Waals surface area (Å²) < 4.78 is 29.0. The van der Waals surface area contributed by atoms with Crippen LogP contribution in [0.15, 0.2) is 60.7 Å². The van der Waals surface area contributed by atoms with E-state index in [1.54, 1.807) is 0 Å². The Kier molecular flexibility index (Phi) is 7.89. The van der Waals surface area contributed by atoms with Crippen LogP contribution in [0.1, 0.15) is 34.6 Å². The molecular formula is C26H32Cl3NO5Si. The molecule has 36 heavy (non-hydrogen) atoms. The van der Waals surface area contributed by atoms with E-state index in [9.17, 15) is 0 Å². The molecule has 2 aliphatic rings. The monoisotopic (exact) mass is 571 g/mol. The standard InChI is InChI=1S/C26H32Cl3NO5Si/c1-24(2,3)36(17-12-8-6-9-13-17,18-14-10-7-11-15-18)31-16-19-20-21(35-25(4,5)34-20)22(32-19)33-23(30)26(27,28)29/h6-15,19-22,30H,16H2,1-5H3/t19-,20-,21-,22+/m1/s1. The van der Waals surface area contributed by atoms with Gasteiger partial charge in [-0.1, -0.05) is 116 Å². The predicted octanol–water partition coefficient (Wildman–Crippen LogP) is 5.17. The Morgan fingerprint density at radius 1 is 0.917 bits per heavy atom. The summed E-state index contributed by atoms with van der Waals surface area (Å²) in [5.74, 6) is -1.41. The lowest BCUT2D eigenvalue weighted by atomic mass is 10.1. The topological polar surface area (TPSA) is 70.0 Å². The molecule has 10 heteroatoms. The minimum absolute atomic E-state index is 0.201. The molecule has 0 aliphatic carbocycles. The van der Waals surface area contributed by atoms with Gasteiger partial charge in [0.15, 0.2) is 11.9 Å². The minimum atomic E-state index is -2.80. The average Bonchev–Trinajstić information content (AvgIpc) is 3.27. The number of ether oxygens (including phenoxy) is 4. The maximum absolute atomic E-state index is 8.01. The Morgan fingerprint density at radius 2 is 1.42 bits per heavy atom. The van der Waals surface area contributed by atoms with Crippen molar-refractivity contribution < 1.29 is 23.4 Å². The van der Waals surface area contributed by atoms with Crippen molar-refractivity contribution in [3.63, 3.8) is 0 Å². The Bertz CT molecular complexity index is 1020. The van der Waals surface area contributed by atoms with Gasteiger partial charge < -0.3 is 23.4 Å². The van der Waals surface area contributed by atoms with Gasteiger partial charge in [0.1, 0.15) is 12.2 Å². The molecule has 0 saturated carbocycles. The largest absolute Gasteiger partial charge is 0.445 e. The zero-order valence-corrected chi connectivity index (χ0v) is 24.2. The molecule has 0 unspecified atom stereocenters. The summed E-state index contributed by atoms with van der Waals surface area (Å²) in [7, 11) is -2.80. The summed E-state index contributed by atoms with van der Waals surface area (Å²) in [6.45, 7) is 10.5. The van der Waals surface area contributed by atoms with Crippen LogP contribution in [-0.4, -0.2) is 55.0 Å². The molecule has 2 saturated heterocycles. The zero-order valence-electron chi connectivity index (χ0n) is 21.0. The number of benzene rings is 2. The number of fused-ring (bicyclic) bond motifs is 1. The summed E-state index contributed by atoms with van der Waals surface area (Å²) in [6, 6.07) is 20.7. The molecule has 2 aromatic carbocycles. The smallest absolute Gasteiger partial charge is 0.265 e. The van der Waals surface area contributed by atoms with E-state index >= 15 is 0 Å². The van der Waals surface area contributed by atoms with E-state index < -0.39 is 48.4 Å². The van der Waals surface area contributed by atoms with Crippen LogP contribution in [-0.2, 0) is 23.4 Å². The Labute approximate surface area is 228 Å². The van der Waals surface area contributed by atoms with Gasteiger partial charge in [0.25, 0.3) is 12.1 Å². The molecule has 2 aliphatic heterocycles. The third-order valence-corrected chi connectivity index (χ3v) is 12.0. The van der Waals surface area contributed by atoms with Crippen LogP contribution in [0, 0.1) is 5.41 Å². The molecule has 2 fully saturated rings. The molecule has 196 valence electrons. The highest BCUT2D eigenvalue weighted by molar-refractivity contribution is 6.99. The number of alkyl halides is 3. The highest BCUT2D eigenvalue weighted by Crippen LogP contribution is 2.42. The van der Waals surface area contributed by atoms with Crippen LogP contribution in [0.3, 0.4) is 0 Å². The molecular weight excluding hydrogens is 541 g/mol. The second-order valence-electron chi connectivity index (χ2n) is 10.5. The second-order valence-corrected chi connectivity index (χ2v) is 17.1. The van der Waals surface area contributed by atoms with E-state index in [4.69, 9.17) is 63.6 Å². The highest BCUT2D eigenvalue weighted by Gasteiger charge is 2.58. The van der Waals surface area contributed by atoms with Gasteiger partial charge in [-0.25, -0.2) is 0 Å². The first kappa shape index (κ1) is 27.9. The number of nitrogens with one attached hydrogen (secondary N) is 1. The second kappa shape index (κ2) is 10.2. The maximum atomic E-state index is 8.01. The number of halogens is 3. The first-order valence-electron chi connectivity index (χ1n) is 11.8. The lowest BCUT2D eigenvalue weighted by Gasteiger charge is -2.43. The molecule has 2 heterocycles. The molecule has 1 N–H and O–H groups in total. The number of rotatable bonds is 6. The normalized spacial score (nSPS) is 26.0. The van der Waals surface area contributed by atoms with Crippen LogP contribution in [0.25, 0.3) is 0 Å². The quantitative estimate of drug-likeness (QED) is 0.224. The van der Waals surface area contributed by atoms with Crippen LogP contribution in [0.2, 0.25) is 5.04 Å². The zero-order chi connectivity index (χ0) is 26.4. The van der Waals surface area contributed by atoms with E-state index in [1.807, 2.05) is 50.2 Å². The molecule has 0 radical (unpaired) electrons. The maximum Gasteiger partial charge on any atom is 0.265 e. The third kappa shape index (κ3) is 5.49. The van der Waals surface area contributed by atoms with Crippen molar-refractivity contribution in [3.05, 3.63) is 60.7 Å².